The highest BCUT2D eigenvalue weighted by Gasteiger charge is 2.34. The topological polar surface area (TPSA) is 94.1 Å². The van der Waals surface area contributed by atoms with Crippen LogP contribution in [0.4, 0.5) is 0 Å². The van der Waals surface area contributed by atoms with Crippen LogP contribution in [0.2, 0.25) is 0 Å². The molecule has 152 valence electrons. The second-order valence-corrected chi connectivity index (χ2v) is 7.76. The van der Waals surface area contributed by atoms with Crippen molar-refractivity contribution in [2.75, 3.05) is 13.6 Å². The molecular weight excluding hydrogens is 380 g/mol. The molecule has 0 aliphatic carbocycles. The van der Waals surface area contributed by atoms with Gasteiger partial charge >= 0.3 is 5.69 Å². The number of likely N-dealkylation sites (N-methyl/N-ethyl adjacent to an activating group) is 1. The van der Waals surface area contributed by atoms with Crippen LogP contribution in [0.1, 0.15) is 28.4 Å². The minimum absolute atomic E-state index is 0.172. The predicted octanol–water partition coefficient (Wildman–Crippen LogP) is 2.35. The summed E-state index contributed by atoms with van der Waals surface area (Å²) in [7, 11) is 1.92. The number of aromatic nitrogens is 3. The van der Waals surface area contributed by atoms with Crippen LogP contribution in [-0.4, -0.2) is 38.1 Å². The lowest BCUT2D eigenvalue weighted by Gasteiger charge is -2.33. The third kappa shape index (κ3) is 2.86. The first-order valence-corrected chi connectivity index (χ1v) is 9.94. The number of aromatic hydroxyl groups is 1. The Bertz CT molecular complexity index is 1350. The summed E-state index contributed by atoms with van der Waals surface area (Å²) in [5.41, 5.74) is 2.88. The van der Waals surface area contributed by atoms with Gasteiger partial charge in [0.15, 0.2) is 0 Å². The van der Waals surface area contributed by atoms with Gasteiger partial charge < -0.3 is 10.1 Å². The predicted molar refractivity (Wildman–Crippen MR) is 115 cm³/mol. The molecule has 1 unspecified atom stereocenters. The fourth-order valence-corrected chi connectivity index (χ4v) is 4.46. The van der Waals surface area contributed by atoms with Crippen molar-refractivity contribution < 1.29 is 5.11 Å². The lowest BCUT2D eigenvalue weighted by molar-refractivity contribution is 0.250. The smallest absolute Gasteiger partial charge is 0.331 e. The molecule has 0 fully saturated rings. The van der Waals surface area contributed by atoms with E-state index >= 15 is 0 Å². The molecule has 0 saturated heterocycles. The maximum Gasteiger partial charge on any atom is 0.331 e. The molecule has 5 rings (SSSR count). The number of nitrogens with zero attached hydrogens (tertiary/aromatic N) is 2. The molecule has 2 aromatic heterocycles. The summed E-state index contributed by atoms with van der Waals surface area (Å²) in [5, 5.41) is 12.2. The number of para-hydroxylation sites is 1. The molecule has 7 nitrogen and oxygen atoms in total. The first-order valence-electron chi connectivity index (χ1n) is 9.94. The highest BCUT2D eigenvalue weighted by atomic mass is 16.3. The van der Waals surface area contributed by atoms with Crippen LogP contribution < -0.4 is 11.2 Å². The Morgan fingerprint density at radius 1 is 1.03 bits per heavy atom. The van der Waals surface area contributed by atoms with Crippen molar-refractivity contribution in [3.05, 3.63) is 97.8 Å². The molecule has 3 N–H and O–H groups in total. The molecule has 1 atom stereocenters. The van der Waals surface area contributed by atoms with Crippen molar-refractivity contribution in [1.29, 1.82) is 0 Å². The largest absolute Gasteiger partial charge is 0.494 e. The highest BCUT2D eigenvalue weighted by molar-refractivity contribution is 5.85. The fraction of sp³-hybridized carbons (Fsp3) is 0.217. The number of benzene rings is 2. The van der Waals surface area contributed by atoms with E-state index in [4.69, 9.17) is 0 Å². The summed E-state index contributed by atoms with van der Waals surface area (Å²) in [4.78, 5) is 33.2. The summed E-state index contributed by atoms with van der Waals surface area (Å²) in [5.74, 6) is -0.295. The van der Waals surface area contributed by atoms with Crippen molar-refractivity contribution in [3.63, 3.8) is 0 Å². The molecule has 0 spiro atoms. The fourth-order valence-electron chi connectivity index (χ4n) is 4.46. The molecule has 30 heavy (non-hydrogen) atoms. The Hall–Kier alpha value is -3.58. The van der Waals surface area contributed by atoms with E-state index in [9.17, 15) is 14.7 Å². The zero-order chi connectivity index (χ0) is 20.8. The average molecular weight is 402 g/mol. The summed E-state index contributed by atoms with van der Waals surface area (Å²) in [6, 6.07) is 16.9. The molecule has 3 heterocycles. The van der Waals surface area contributed by atoms with Gasteiger partial charge in [0.1, 0.15) is 5.56 Å². The molecule has 0 amide bonds. The monoisotopic (exact) mass is 402 g/mol. The van der Waals surface area contributed by atoms with Gasteiger partial charge in [-0.05, 0) is 30.7 Å². The van der Waals surface area contributed by atoms with Crippen molar-refractivity contribution in [2.24, 2.45) is 0 Å². The lowest BCUT2D eigenvalue weighted by Crippen LogP contribution is -2.40. The van der Waals surface area contributed by atoms with E-state index in [-0.39, 0.29) is 18.0 Å². The van der Waals surface area contributed by atoms with Gasteiger partial charge in [0.2, 0.25) is 5.88 Å². The maximum atomic E-state index is 12.9. The van der Waals surface area contributed by atoms with Crippen LogP contribution >= 0.6 is 0 Å². The molecule has 4 aromatic rings. The summed E-state index contributed by atoms with van der Waals surface area (Å²) >= 11 is 0. The third-order valence-corrected chi connectivity index (χ3v) is 5.94. The molecule has 0 bridgehead atoms. The number of hydrogen-bond acceptors (Lipinski definition) is 4. The summed E-state index contributed by atoms with van der Waals surface area (Å²) in [6.07, 6.45) is 0.842. The van der Waals surface area contributed by atoms with E-state index in [1.165, 1.54) is 4.57 Å². The van der Waals surface area contributed by atoms with Gasteiger partial charge in [0, 0.05) is 23.1 Å². The summed E-state index contributed by atoms with van der Waals surface area (Å²) in [6.45, 7) is 0.904. The number of hydrogen-bond donors (Lipinski definition) is 3. The SMILES string of the molecule is CN1CCc2c([nH]c3ccccc23)C1c1c(O)n(Cc2ccccc2)c(=O)[nH]c1=O. The highest BCUT2D eigenvalue weighted by Crippen LogP contribution is 2.38. The van der Waals surface area contributed by atoms with Crippen LogP contribution in [0.3, 0.4) is 0 Å². The average Bonchev–Trinajstić information content (AvgIpc) is 3.12. The number of H-pyrrole nitrogens is 2. The van der Waals surface area contributed by atoms with Gasteiger partial charge in [-0.15, -0.1) is 0 Å². The lowest BCUT2D eigenvalue weighted by atomic mass is 9.94. The van der Waals surface area contributed by atoms with E-state index in [0.717, 1.165) is 40.7 Å². The van der Waals surface area contributed by atoms with E-state index in [2.05, 4.69) is 16.0 Å². The van der Waals surface area contributed by atoms with E-state index in [1.54, 1.807) is 0 Å². The molecule has 1 aliphatic rings. The number of nitrogens with one attached hydrogen (secondary N) is 2. The first kappa shape index (κ1) is 18.4. The molecular formula is C23H22N4O3. The Labute approximate surface area is 172 Å². The Kier molecular flexibility index (Phi) is 4.33. The van der Waals surface area contributed by atoms with Gasteiger partial charge in [-0.3, -0.25) is 19.2 Å². The molecule has 0 radical (unpaired) electrons. The first-order chi connectivity index (χ1) is 14.5. The van der Waals surface area contributed by atoms with Crippen LogP contribution in [0.5, 0.6) is 5.88 Å². The minimum Gasteiger partial charge on any atom is -0.494 e. The van der Waals surface area contributed by atoms with Gasteiger partial charge in [0.05, 0.1) is 12.6 Å². The molecule has 2 aromatic carbocycles. The van der Waals surface area contributed by atoms with E-state index < -0.39 is 17.3 Å². The van der Waals surface area contributed by atoms with Crippen molar-refractivity contribution in [1.82, 2.24) is 19.4 Å². The Morgan fingerprint density at radius 2 is 1.77 bits per heavy atom. The quantitative estimate of drug-likeness (QED) is 0.490. The van der Waals surface area contributed by atoms with Crippen molar-refractivity contribution in [2.45, 2.75) is 19.0 Å². The van der Waals surface area contributed by atoms with Crippen LogP contribution in [-0.2, 0) is 13.0 Å². The van der Waals surface area contributed by atoms with Gasteiger partial charge in [-0.2, -0.15) is 0 Å². The van der Waals surface area contributed by atoms with Crippen molar-refractivity contribution >= 4 is 10.9 Å². The molecule has 1 aliphatic heterocycles. The van der Waals surface area contributed by atoms with E-state index in [0.29, 0.717) is 0 Å². The van der Waals surface area contributed by atoms with Gasteiger partial charge in [-0.25, -0.2) is 4.79 Å². The van der Waals surface area contributed by atoms with Gasteiger partial charge in [-0.1, -0.05) is 48.5 Å². The summed E-state index contributed by atoms with van der Waals surface area (Å²) < 4.78 is 1.22. The van der Waals surface area contributed by atoms with Gasteiger partial charge in [0.25, 0.3) is 5.56 Å². The second-order valence-electron chi connectivity index (χ2n) is 7.76. The van der Waals surface area contributed by atoms with E-state index in [1.807, 2.05) is 60.5 Å². The van der Waals surface area contributed by atoms with Crippen LogP contribution in [0.25, 0.3) is 10.9 Å². The normalized spacial score (nSPS) is 16.6. The zero-order valence-electron chi connectivity index (χ0n) is 16.6. The zero-order valence-corrected chi connectivity index (χ0v) is 16.6. The molecule has 0 saturated carbocycles. The maximum absolute atomic E-state index is 12.9. The number of fused-ring (bicyclic) bond motifs is 3. The number of aromatic amines is 2. The third-order valence-electron chi connectivity index (χ3n) is 5.94. The van der Waals surface area contributed by atoms with Crippen molar-refractivity contribution in [3.8, 4) is 5.88 Å². The minimum atomic E-state index is -0.625. The van der Waals surface area contributed by atoms with Crippen LogP contribution in [0.15, 0.2) is 64.2 Å². The molecule has 7 heteroatoms. The number of rotatable bonds is 3. The Morgan fingerprint density at radius 3 is 2.57 bits per heavy atom. The second kappa shape index (κ2) is 7.03. The Balaban J connectivity index is 1.70. The van der Waals surface area contributed by atoms with Crippen LogP contribution in [0, 0.1) is 0 Å². The standard InChI is InChI=1S/C23H22N4O3/c1-26-12-11-16-15-9-5-6-10-17(15)24-19(16)20(26)18-21(28)25-23(30)27(22(18)29)13-14-7-3-2-4-8-14/h2-10,20,24,29H,11-13H2,1H3,(H,25,28,30).